The molecule has 0 unspecified atom stereocenters. The van der Waals surface area contributed by atoms with Gasteiger partial charge in [-0.3, -0.25) is 0 Å². The predicted molar refractivity (Wildman–Crippen MR) is 26.8 cm³/mol. The molecule has 0 saturated carbocycles. The van der Waals surface area contributed by atoms with E-state index in [1.807, 2.05) is 0 Å². The number of tetrazole rings is 1. The lowest BCUT2D eigenvalue weighted by Crippen LogP contribution is -1.82. The molecule has 4 nitrogen and oxygen atoms in total. The van der Waals surface area contributed by atoms with Crippen LogP contribution in [0.25, 0.3) is 0 Å². The summed E-state index contributed by atoms with van der Waals surface area (Å²) in [6, 6.07) is 0. The molecular formula is CBrClN4. The van der Waals surface area contributed by atoms with E-state index >= 15 is 0 Å². The molecule has 6 heteroatoms. The van der Waals surface area contributed by atoms with Crippen LogP contribution in [0.2, 0.25) is 0 Å². The molecule has 0 aliphatic carbocycles. The van der Waals surface area contributed by atoms with E-state index < -0.39 is 0 Å². The number of nitrogens with zero attached hydrogens (tertiary/aromatic N) is 4. The van der Waals surface area contributed by atoms with Gasteiger partial charge in [0.25, 0.3) is 0 Å². The van der Waals surface area contributed by atoms with Crippen molar-refractivity contribution in [2.45, 2.75) is 0 Å². The predicted octanol–water partition coefficient (Wildman–Crippen LogP) is 0.437. The molecular weight excluding hydrogens is 183 g/mol. The first-order chi connectivity index (χ1) is 3.29. The zero-order chi connectivity index (χ0) is 5.28. The first kappa shape index (κ1) is 4.99. The Hall–Kier alpha value is -0.160. The number of rotatable bonds is 0. The van der Waals surface area contributed by atoms with Crippen molar-refractivity contribution in [3.63, 3.8) is 0 Å². The largest absolute Gasteiger partial charge is 0.241 e. The van der Waals surface area contributed by atoms with Gasteiger partial charge in [0.2, 0.25) is 4.73 Å². The van der Waals surface area contributed by atoms with Crippen LogP contribution < -0.4 is 0 Å². The van der Waals surface area contributed by atoms with Gasteiger partial charge in [-0.2, -0.15) is 0 Å². The van der Waals surface area contributed by atoms with Gasteiger partial charge >= 0.3 is 0 Å². The van der Waals surface area contributed by atoms with Crippen molar-refractivity contribution in [3.8, 4) is 0 Å². The third kappa shape index (κ3) is 1.10. The van der Waals surface area contributed by atoms with E-state index in [1.54, 1.807) is 0 Å². The molecule has 0 amide bonds. The fourth-order valence-corrected chi connectivity index (χ4v) is 0.600. The lowest BCUT2D eigenvalue weighted by Gasteiger charge is -1.67. The standard InChI is InChI=1S/CBrClN4/c2-1-4-6-7(3)5-1. The monoisotopic (exact) mass is 182 g/mol. The highest BCUT2D eigenvalue weighted by Gasteiger charge is 1.90. The van der Waals surface area contributed by atoms with Crippen molar-refractivity contribution in [2.75, 3.05) is 0 Å². The summed E-state index contributed by atoms with van der Waals surface area (Å²) in [6.45, 7) is 0. The molecule has 0 saturated heterocycles. The minimum absolute atomic E-state index is 0.391. The SMILES string of the molecule is Cln1nnc(Br)n1. The maximum absolute atomic E-state index is 5.16. The van der Waals surface area contributed by atoms with Gasteiger partial charge in [-0.05, 0) is 21.1 Å². The first-order valence-corrected chi connectivity index (χ1v) is 2.54. The summed E-state index contributed by atoms with van der Waals surface area (Å²) in [5, 5.41) is 10.2. The smallest absolute Gasteiger partial charge is 0.107 e. The van der Waals surface area contributed by atoms with Crippen molar-refractivity contribution in [3.05, 3.63) is 4.73 Å². The van der Waals surface area contributed by atoms with Crippen molar-refractivity contribution < 1.29 is 0 Å². The Morgan fingerprint density at radius 2 is 2.43 bits per heavy atom. The zero-order valence-corrected chi connectivity index (χ0v) is 5.39. The molecule has 1 rings (SSSR count). The van der Waals surface area contributed by atoms with Gasteiger partial charge in [0, 0.05) is 0 Å². The fourth-order valence-electron chi connectivity index (χ4n) is 0.182. The molecule has 0 radical (unpaired) electrons. The molecule has 0 aliphatic heterocycles. The van der Waals surface area contributed by atoms with Crippen LogP contribution in [0.15, 0.2) is 4.73 Å². The third-order valence-corrected chi connectivity index (χ3v) is 0.826. The van der Waals surface area contributed by atoms with Crippen LogP contribution in [0, 0.1) is 0 Å². The van der Waals surface area contributed by atoms with Crippen LogP contribution in [-0.2, 0) is 0 Å². The van der Waals surface area contributed by atoms with Crippen LogP contribution in [0.1, 0.15) is 0 Å². The Morgan fingerprint density at radius 3 is 2.57 bits per heavy atom. The Morgan fingerprint density at radius 1 is 1.71 bits per heavy atom. The van der Waals surface area contributed by atoms with Crippen LogP contribution in [0.3, 0.4) is 0 Å². The summed E-state index contributed by atoms with van der Waals surface area (Å²) in [4.78, 5) is 0. The molecule has 0 aromatic carbocycles. The van der Waals surface area contributed by atoms with E-state index in [0.717, 1.165) is 4.32 Å². The molecule has 0 N–H and O–H groups in total. The van der Waals surface area contributed by atoms with Gasteiger partial charge in [0.1, 0.15) is 0 Å². The summed E-state index contributed by atoms with van der Waals surface area (Å²) in [6.07, 6.45) is 0. The number of halogens is 2. The average molecular weight is 183 g/mol. The van der Waals surface area contributed by atoms with Crippen LogP contribution in [0.5, 0.6) is 0 Å². The second-order valence-electron chi connectivity index (χ2n) is 0.799. The third-order valence-electron chi connectivity index (χ3n) is 0.366. The Balaban J connectivity index is 3.04. The minimum atomic E-state index is 0.391. The van der Waals surface area contributed by atoms with E-state index in [-0.39, 0.29) is 0 Å². The highest BCUT2D eigenvalue weighted by Crippen LogP contribution is 1.95. The van der Waals surface area contributed by atoms with E-state index in [1.165, 1.54) is 0 Å². The van der Waals surface area contributed by atoms with Gasteiger partial charge in [-0.15, -0.1) is 5.10 Å². The topological polar surface area (TPSA) is 43.6 Å². The summed E-state index contributed by atoms with van der Waals surface area (Å²) in [5.74, 6) is 0. The lowest BCUT2D eigenvalue weighted by atomic mass is 11.4. The molecule has 0 atom stereocenters. The van der Waals surface area contributed by atoms with Gasteiger partial charge in [-0.1, -0.05) is 9.41 Å². The van der Waals surface area contributed by atoms with Crippen molar-refractivity contribution in [1.82, 2.24) is 19.7 Å². The fraction of sp³-hybridized carbons (Fsp3) is 0. The summed E-state index contributed by atoms with van der Waals surface area (Å²) < 4.78 is 1.24. The zero-order valence-electron chi connectivity index (χ0n) is 3.04. The highest BCUT2D eigenvalue weighted by atomic mass is 79.9. The molecule has 1 aromatic rings. The maximum Gasteiger partial charge on any atom is 0.241 e. The second kappa shape index (κ2) is 1.75. The Kier molecular flexibility index (Phi) is 1.25. The molecule has 0 bridgehead atoms. The van der Waals surface area contributed by atoms with Crippen LogP contribution in [0.4, 0.5) is 0 Å². The van der Waals surface area contributed by atoms with E-state index in [4.69, 9.17) is 11.8 Å². The number of hydrogen-bond donors (Lipinski definition) is 0. The second-order valence-corrected chi connectivity index (χ2v) is 1.81. The van der Waals surface area contributed by atoms with Crippen LogP contribution in [-0.4, -0.2) is 19.7 Å². The quantitative estimate of drug-likeness (QED) is 0.586. The molecule has 1 aromatic heterocycles. The summed E-state index contributed by atoms with van der Waals surface area (Å²) in [5.41, 5.74) is 0. The van der Waals surface area contributed by atoms with Crippen molar-refractivity contribution in [2.24, 2.45) is 0 Å². The molecule has 0 spiro atoms. The van der Waals surface area contributed by atoms with Crippen molar-refractivity contribution >= 4 is 27.7 Å². The van der Waals surface area contributed by atoms with Gasteiger partial charge in [0.05, 0.1) is 11.8 Å². The average Bonchev–Trinajstić information content (AvgIpc) is 1.87. The maximum atomic E-state index is 5.16. The van der Waals surface area contributed by atoms with E-state index in [9.17, 15) is 0 Å². The molecule has 7 heavy (non-hydrogen) atoms. The number of aromatic nitrogens is 4. The normalized spacial score (nSPS) is 9.43. The molecule has 38 valence electrons. The van der Waals surface area contributed by atoms with E-state index in [2.05, 4.69) is 31.3 Å². The van der Waals surface area contributed by atoms with Gasteiger partial charge in [-0.25, -0.2) is 0 Å². The first-order valence-electron chi connectivity index (χ1n) is 1.41. The number of hydrogen-bond acceptors (Lipinski definition) is 3. The Labute approximate surface area is 52.7 Å². The lowest BCUT2D eigenvalue weighted by molar-refractivity contribution is 0.803. The van der Waals surface area contributed by atoms with Gasteiger partial charge in [0.15, 0.2) is 0 Å². The van der Waals surface area contributed by atoms with Gasteiger partial charge < -0.3 is 0 Å². The van der Waals surface area contributed by atoms with Crippen molar-refractivity contribution in [1.29, 1.82) is 0 Å². The molecule has 0 aliphatic rings. The Bertz CT molecular complexity index is 144. The van der Waals surface area contributed by atoms with E-state index in [0.29, 0.717) is 4.73 Å². The van der Waals surface area contributed by atoms with Crippen LogP contribution >= 0.6 is 27.7 Å². The molecule has 0 fully saturated rings. The summed E-state index contributed by atoms with van der Waals surface area (Å²) in [7, 11) is 0. The minimum Gasteiger partial charge on any atom is -0.107 e. The molecule has 1 heterocycles. The highest BCUT2D eigenvalue weighted by molar-refractivity contribution is 9.10. The summed E-state index contributed by atoms with van der Waals surface area (Å²) >= 11 is 8.10.